The van der Waals surface area contributed by atoms with Gasteiger partial charge < -0.3 is 16.0 Å². The highest BCUT2D eigenvalue weighted by Gasteiger charge is 2.23. The number of nitrogens with two attached hydrogens (primary N) is 1. The Balaban J connectivity index is 1.94. The molecule has 1 aliphatic rings. The molecule has 1 saturated heterocycles. The van der Waals surface area contributed by atoms with Gasteiger partial charge in [-0.25, -0.2) is 4.39 Å². The minimum absolute atomic E-state index is 0.0333. The largest absolute Gasteiger partial charge is 0.399 e. The summed E-state index contributed by atoms with van der Waals surface area (Å²) in [6, 6.07) is 4.35. The van der Waals surface area contributed by atoms with E-state index in [1.165, 1.54) is 12.1 Å². The Hall–Kier alpha value is -1.66. The molecule has 2 rings (SSSR count). The van der Waals surface area contributed by atoms with Crippen molar-refractivity contribution in [1.29, 1.82) is 0 Å². The zero-order valence-corrected chi connectivity index (χ0v) is 11.9. The summed E-state index contributed by atoms with van der Waals surface area (Å²) in [5, 5.41) is 2.79. The van der Waals surface area contributed by atoms with Crippen LogP contribution in [-0.2, 0) is 0 Å². The van der Waals surface area contributed by atoms with Gasteiger partial charge in [0.2, 0.25) is 0 Å². The van der Waals surface area contributed by atoms with Crippen LogP contribution in [0.1, 0.15) is 10.4 Å². The SMILES string of the molecule is CN1CCN(C)C(CNC(=O)c2ccc(N)cc2F)C1. The van der Waals surface area contributed by atoms with E-state index in [2.05, 4.69) is 22.2 Å². The molecule has 3 N–H and O–H groups in total. The highest BCUT2D eigenvalue weighted by atomic mass is 19.1. The Kier molecular flexibility index (Phi) is 4.57. The highest BCUT2D eigenvalue weighted by molar-refractivity contribution is 5.94. The third-order valence-electron chi connectivity index (χ3n) is 3.72. The molecule has 0 spiro atoms. The molecule has 0 aromatic heterocycles. The molecule has 20 heavy (non-hydrogen) atoms. The molecule has 0 bridgehead atoms. The average molecular weight is 280 g/mol. The number of nitrogens with one attached hydrogen (secondary N) is 1. The first-order valence-corrected chi connectivity index (χ1v) is 6.69. The molecule has 1 fully saturated rings. The molecule has 1 aliphatic heterocycles. The summed E-state index contributed by atoms with van der Waals surface area (Å²) >= 11 is 0. The third kappa shape index (κ3) is 3.46. The number of halogens is 1. The Morgan fingerprint density at radius 1 is 1.45 bits per heavy atom. The predicted octanol–water partition coefficient (Wildman–Crippen LogP) is 0.384. The van der Waals surface area contributed by atoms with Crippen molar-refractivity contribution >= 4 is 11.6 Å². The fourth-order valence-corrected chi connectivity index (χ4v) is 2.34. The first-order chi connectivity index (χ1) is 9.47. The summed E-state index contributed by atoms with van der Waals surface area (Å²) in [6.07, 6.45) is 0. The predicted molar refractivity (Wildman–Crippen MR) is 77.1 cm³/mol. The zero-order valence-electron chi connectivity index (χ0n) is 11.9. The highest BCUT2D eigenvalue weighted by Crippen LogP contribution is 2.12. The second-order valence-corrected chi connectivity index (χ2v) is 5.35. The van der Waals surface area contributed by atoms with E-state index in [4.69, 9.17) is 5.73 Å². The van der Waals surface area contributed by atoms with Crippen molar-refractivity contribution in [2.45, 2.75) is 6.04 Å². The lowest BCUT2D eigenvalue weighted by Gasteiger charge is -2.37. The lowest BCUT2D eigenvalue weighted by Crippen LogP contribution is -2.54. The molecule has 1 atom stereocenters. The summed E-state index contributed by atoms with van der Waals surface area (Å²) in [5.74, 6) is -0.985. The third-order valence-corrected chi connectivity index (χ3v) is 3.72. The normalized spacial score (nSPS) is 20.9. The van der Waals surface area contributed by atoms with Crippen LogP contribution in [0.25, 0.3) is 0 Å². The Labute approximate surface area is 118 Å². The number of piperazine rings is 1. The molecule has 0 saturated carbocycles. The molecular formula is C14H21FN4O. The number of nitrogen functional groups attached to an aromatic ring is 1. The van der Waals surface area contributed by atoms with Crippen LogP contribution in [0.15, 0.2) is 18.2 Å². The quantitative estimate of drug-likeness (QED) is 0.786. The van der Waals surface area contributed by atoms with Gasteiger partial charge in [-0.2, -0.15) is 0 Å². The second kappa shape index (κ2) is 6.19. The Morgan fingerprint density at radius 2 is 2.20 bits per heavy atom. The molecule has 1 heterocycles. The maximum absolute atomic E-state index is 13.6. The fraction of sp³-hybridized carbons (Fsp3) is 0.500. The van der Waals surface area contributed by atoms with Crippen molar-refractivity contribution < 1.29 is 9.18 Å². The van der Waals surface area contributed by atoms with Gasteiger partial charge in [-0.3, -0.25) is 9.69 Å². The minimum Gasteiger partial charge on any atom is -0.399 e. The summed E-state index contributed by atoms with van der Waals surface area (Å²) in [6.45, 7) is 3.38. The smallest absolute Gasteiger partial charge is 0.254 e. The van der Waals surface area contributed by atoms with E-state index >= 15 is 0 Å². The van der Waals surface area contributed by atoms with Crippen molar-refractivity contribution in [2.24, 2.45) is 0 Å². The number of likely N-dealkylation sites (N-methyl/N-ethyl adjacent to an activating group) is 2. The number of hydrogen-bond donors (Lipinski definition) is 2. The number of benzene rings is 1. The minimum atomic E-state index is -0.586. The van der Waals surface area contributed by atoms with Gasteiger partial charge in [-0.1, -0.05) is 0 Å². The number of carbonyl (C=O) groups excluding carboxylic acids is 1. The van der Waals surface area contributed by atoms with Crippen LogP contribution in [0.5, 0.6) is 0 Å². The van der Waals surface area contributed by atoms with Crippen LogP contribution in [0.2, 0.25) is 0 Å². The first kappa shape index (κ1) is 14.7. The number of carbonyl (C=O) groups is 1. The van der Waals surface area contributed by atoms with Gasteiger partial charge >= 0.3 is 0 Å². The molecule has 6 heteroatoms. The summed E-state index contributed by atoms with van der Waals surface area (Å²) in [5.41, 5.74) is 5.81. The lowest BCUT2D eigenvalue weighted by atomic mass is 10.1. The number of hydrogen-bond acceptors (Lipinski definition) is 4. The topological polar surface area (TPSA) is 61.6 Å². The molecule has 1 unspecified atom stereocenters. The van der Waals surface area contributed by atoms with Crippen molar-refractivity contribution in [3.05, 3.63) is 29.6 Å². The average Bonchev–Trinajstić information content (AvgIpc) is 2.39. The van der Waals surface area contributed by atoms with Gasteiger partial charge in [-0.15, -0.1) is 0 Å². The molecule has 1 amide bonds. The maximum atomic E-state index is 13.6. The molecule has 1 aromatic rings. The van der Waals surface area contributed by atoms with Gasteiger partial charge in [0.25, 0.3) is 5.91 Å². The van der Waals surface area contributed by atoms with Gasteiger partial charge in [0, 0.05) is 37.9 Å². The zero-order chi connectivity index (χ0) is 14.7. The van der Waals surface area contributed by atoms with Gasteiger partial charge in [-0.05, 0) is 32.3 Å². The van der Waals surface area contributed by atoms with E-state index in [0.29, 0.717) is 12.2 Å². The van der Waals surface area contributed by atoms with E-state index in [-0.39, 0.29) is 11.6 Å². The summed E-state index contributed by atoms with van der Waals surface area (Å²) in [7, 11) is 4.09. The van der Waals surface area contributed by atoms with Crippen LogP contribution in [-0.4, -0.2) is 62.0 Å². The summed E-state index contributed by atoms with van der Waals surface area (Å²) < 4.78 is 13.6. The van der Waals surface area contributed by atoms with Crippen LogP contribution in [0, 0.1) is 5.82 Å². The van der Waals surface area contributed by atoms with Crippen molar-refractivity contribution in [3.8, 4) is 0 Å². The van der Waals surface area contributed by atoms with Crippen LogP contribution in [0.4, 0.5) is 10.1 Å². The van der Waals surface area contributed by atoms with E-state index in [0.717, 1.165) is 25.7 Å². The lowest BCUT2D eigenvalue weighted by molar-refractivity contribution is 0.0878. The second-order valence-electron chi connectivity index (χ2n) is 5.35. The molecule has 5 nitrogen and oxygen atoms in total. The molecule has 1 aromatic carbocycles. The van der Waals surface area contributed by atoms with Crippen LogP contribution >= 0.6 is 0 Å². The van der Waals surface area contributed by atoms with Gasteiger partial charge in [0.15, 0.2) is 0 Å². The number of amides is 1. The Morgan fingerprint density at radius 3 is 2.90 bits per heavy atom. The standard InChI is InChI=1S/C14H21FN4O/c1-18-5-6-19(2)11(9-18)8-17-14(20)12-4-3-10(16)7-13(12)15/h3-4,7,11H,5-6,8-9,16H2,1-2H3,(H,17,20). The van der Waals surface area contributed by atoms with Gasteiger partial charge in [0.05, 0.1) is 5.56 Å². The maximum Gasteiger partial charge on any atom is 0.254 e. The molecular weight excluding hydrogens is 259 g/mol. The molecule has 0 radical (unpaired) electrons. The molecule has 110 valence electrons. The molecule has 0 aliphatic carbocycles. The van der Waals surface area contributed by atoms with Gasteiger partial charge in [0.1, 0.15) is 5.82 Å². The number of anilines is 1. The monoisotopic (exact) mass is 280 g/mol. The summed E-state index contributed by atoms with van der Waals surface area (Å²) in [4.78, 5) is 16.4. The number of nitrogens with zero attached hydrogens (tertiary/aromatic N) is 2. The Bertz CT molecular complexity index is 494. The fourth-order valence-electron chi connectivity index (χ4n) is 2.34. The van der Waals surface area contributed by atoms with Crippen molar-refractivity contribution in [3.63, 3.8) is 0 Å². The van der Waals surface area contributed by atoms with E-state index in [1.54, 1.807) is 0 Å². The van der Waals surface area contributed by atoms with E-state index in [9.17, 15) is 9.18 Å². The van der Waals surface area contributed by atoms with Crippen LogP contribution in [0.3, 0.4) is 0 Å². The van der Waals surface area contributed by atoms with Crippen LogP contribution < -0.4 is 11.1 Å². The number of rotatable bonds is 3. The van der Waals surface area contributed by atoms with E-state index in [1.807, 2.05) is 7.05 Å². The van der Waals surface area contributed by atoms with Crippen molar-refractivity contribution in [2.75, 3.05) is 46.0 Å². The first-order valence-electron chi connectivity index (χ1n) is 6.69. The van der Waals surface area contributed by atoms with Crippen molar-refractivity contribution in [1.82, 2.24) is 15.1 Å². The van der Waals surface area contributed by atoms with E-state index < -0.39 is 11.7 Å².